The van der Waals surface area contributed by atoms with Gasteiger partial charge in [-0.3, -0.25) is 0 Å². The largest absolute Gasteiger partial charge is 0.396 e. The normalized spacial score (nSPS) is 21.3. The van der Waals surface area contributed by atoms with Crippen LogP contribution in [-0.2, 0) is 4.74 Å². The van der Waals surface area contributed by atoms with Gasteiger partial charge in [-0.2, -0.15) is 0 Å². The van der Waals surface area contributed by atoms with Crippen LogP contribution < -0.4 is 0 Å². The first-order valence-corrected chi connectivity index (χ1v) is 9.14. The first-order chi connectivity index (χ1) is 9.88. The molecular formula is C18H36O2. The SMILES string of the molecule is CCCCCCCCC1OC1CCCCCCCCO. The van der Waals surface area contributed by atoms with Gasteiger partial charge in [0.15, 0.2) is 0 Å². The van der Waals surface area contributed by atoms with Crippen molar-refractivity contribution in [3.63, 3.8) is 0 Å². The lowest BCUT2D eigenvalue weighted by Gasteiger charge is -2.00. The molecule has 0 spiro atoms. The van der Waals surface area contributed by atoms with Crippen molar-refractivity contribution in [1.82, 2.24) is 0 Å². The standard InChI is InChI=1S/C18H36O2/c1-2-3-4-5-8-11-14-17-18(20-17)15-12-9-6-7-10-13-16-19/h17-19H,2-16H2,1H3. The fraction of sp³-hybridized carbons (Fsp3) is 1.00. The minimum absolute atomic E-state index is 0.357. The first kappa shape index (κ1) is 18.0. The molecule has 0 aliphatic carbocycles. The Morgan fingerprint density at radius 1 is 0.650 bits per heavy atom. The molecule has 2 nitrogen and oxygen atoms in total. The molecule has 1 aliphatic rings. The van der Waals surface area contributed by atoms with Crippen LogP contribution in [0.25, 0.3) is 0 Å². The highest BCUT2D eigenvalue weighted by atomic mass is 16.6. The molecule has 1 aliphatic heterocycles. The molecule has 120 valence electrons. The van der Waals surface area contributed by atoms with Gasteiger partial charge in [-0.25, -0.2) is 0 Å². The third-order valence-electron chi connectivity index (χ3n) is 4.43. The van der Waals surface area contributed by atoms with Crippen molar-refractivity contribution < 1.29 is 9.84 Å². The first-order valence-electron chi connectivity index (χ1n) is 9.14. The van der Waals surface area contributed by atoms with Gasteiger partial charge in [-0.1, -0.05) is 77.6 Å². The molecule has 1 N–H and O–H groups in total. The summed E-state index contributed by atoms with van der Waals surface area (Å²) in [6.07, 6.45) is 19.6. The molecule has 1 rings (SSSR count). The number of rotatable bonds is 15. The number of epoxide rings is 1. The summed E-state index contributed by atoms with van der Waals surface area (Å²) >= 11 is 0. The molecule has 0 aromatic carbocycles. The number of aliphatic hydroxyl groups is 1. The molecular weight excluding hydrogens is 248 g/mol. The highest BCUT2D eigenvalue weighted by Crippen LogP contribution is 2.31. The quantitative estimate of drug-likeness (QED) is 0.330. The third-order valence-corrected chi connectivity index (χ3v) is 4.43. The van der Waals surface area contributed by atoms with E-state index in [2.05, 4.69) is 6.92 Å². The summed E-state index contributed by atoms with van der Waals surface area (Å²) in [7, 11) is 0. The summed E-state index contributed by atoms with van der Waals surface area (Å²) in [4.78, 5) is 0. The molecule has 0 aromatic heterocycles. The molecule has 2 heteroatoms. The minimum Gasteiger partial charge on any atom is -0.396 e. The number of aliphatic hydroxyl groups excluding tert-OH is 1. The second-order valence-electron chi connectivity index (χ2n) is 6.40. The summed E-state index contributed by atoms with van der Waals surface area (Å²) in [6, 6.07) is 0. The zero-order chi connectivity index (χ0) is 14.5. The second-order valence-corrected chi connectivity index (χ2v) is 6.40. The van der Waals surface area contributed by atoms with E-state index in [4.69, 9.17) is 9.84 Å². The van der Waals surface area contributed by atoms with Gasteiger partial charge >= 0.3 is 0 Å². The predicted molar refractivity (Wildman–Crippen MR) is 86.1 cm³/mol. The van der Waals surface area contributed by atoms with E-state index in [0.717, 1.165) is 6.42 Å². The maximum Gasteiger partial charge on any atom is 0.0841 e. The van der Waals surface area contributed by atoms with E-state index in [-0.39, 0.29) is 0 Å². The number of hydrogen-bond acceptors (Lipinski definition) is 2. The maximum atomic E-state index is 8.69. The molecule has 1 heterocycles. The summed E-state index contributed by atoms with van der Waals surface area (Å²) in [6.45, 7) is 2.63. The lowest BCUT2D eigenvalue weighted by molar-refractivity contribution is 0.282. The van der Waals surface area contributed by atoms with E-state index in [0.29, 0.717) is 18.8 Å². The average Bonchev–Trinajstić information content (AvgIpc) is 3.20. The van der Waals surface area contributed by atoms with Crippen molar-refractivity contribution in [1.29, 1.82) is 0 Å². The Balaban J connectivity index is 1.75. The molecule has 0 radical (unpaired) electrons. The van der Waals surface area contributed by atoms with Crippen LogP contribution >= 0.6 is 0 Å². The number of hydrogen-bond donors (Lipinski definition) is 1. The highest BCUT2D eigenvalue weighted by molar-refractivity contribution is 4.84. The van der Waals surface area contributed by atoms with Crippen LogP contribution in [0.15, 0.2) is 0 Å². The van der Waals surface area contributed by atoms with Gasteiger partial charge in [-0.05, 0) is 19.3 Å². The van der Waals surface area contributed by atoms with Gasteiger partial charge in [0.1, 0.15) is 0 Å². The average molecular weight is 284 g/mol. The Kier molecular flexibility index (Phi) is 11.4. The van der Waals surface area contributed by atoms with Crippen LogP contribution in [0.1, 0.15) is 96.8 Å². The van der Waals surface area contributed by atoms with Gasteiger partial charge in [0, 0.05) is 6.61 Å². The van der Waals surface area contributed by atoms with Crippen LogP contribution in [0, 0.1) is 0 Å². The molecule has 0 bridgehead atoms. The zero-order valence-electron chi connectivity index (χ0n) is 13.6. The van der Waals surface area contributed by atoms with Crippen LogP contribution in [0.3, 0.4) is 0 Å². The molecule has 0 aromatic rings. The molecule has 2 unspecified atom stereocenters. The molecule has 0 amide bonds. The van der Waals surface area contributed by atoms with Crippen molar-refractivity contribution in [3.8, 4) is 0 Å². The molecule has 1 fully saturated rings. The molecule has 2 atom stereocenters. The van der Waals surface area contributed by atoms with Gasteiger partial charge < -0.3 is 9.84 Å². The van der Waals surface area contributed by atoms with Crippen LogP contribution in [0.4, 0.5) is 0 Å². The summed E-state index contributed by atoms with van der Waals surface area (Å²) in [5.41, 5.74) is 0. The van der Waals surface area contributed by atoms with Crippen molar-refractivity contribution in [2.45, 2.75) is 109 Å². The molecule has 0 saturated carbocycles. The van der Waals surface area contributed by atoms with E-state index >= 15 is 0 Å². The fourth-order valence-corrected chi connectivity index (χ4v) is 2.98. The van der Waals surface area contributed by atoms with Gasteiger partial charge in [-0.15, -0.1) is 0 Å². The van der Waals surface area contributed by atoms with Crippen molar-refractivity contribution in [2.24, 2.45) is 0 Å². The number of unbranched alkanes of at least 4 members (excludes halogenated alkanes) is 10. The smallest absolute Gasteiger partial charge is 0.0841 e. The molecule has 1 saturated heterocycles. The van der Waals surface area contributed by atoms with E-state index in [1.807, 2.05) is 0 Å². The van der Waals surface area contributed by atoms with E-state index < -0.39 is 0 Å². The highest BCUT2D eigenvalue weighted by Gasteiger charge is 2.36. The van der Waals surface area contributed by atoms with Crippen LogP contribution in [0.2, 0.25) is 0 Å². The Morgan fingerprint density at radius 3 is 1.60 bits per heavy atom. The molecule has 20 heavy (non-hydrogen) atoms. The number of ether oxygens (including phenoxy) is 1. The minimum atomic E-state index is 0.357. The van der Waals surface area contributed by atoms with Gasteiger partial charge in [0.2, 0.25) is 0 Å². The zero-order valence-corrected chi connectivity index (χ0v) is 13.6. The Hall–Kier alpha value is -0.0800. The lowest BCUT2D eigenvalue weighted by Crippen LogP contribution is -1.95. The summed E-state index contributed by atoms with van der Waals surface area (Å²) in [5, 5.41) is 8.69. The third kappa shape index (κ3) is 9.77. The topological polar surface area (TPSA) is 32.8 Å². The van der Waals surface area contributed by atoms with E-state index in [9.17, 15) is 0 Å². The summed E-state index contributed by atoms with van der Waals surface area (Å²) < 4.78 is 5.76. The van der Waals surface area contributed by atoms with E-state index in [1.54, 1.807) is 0 Å². The summed E-state index contributed by atoms with van der Waals surface area (Å²) in [5.74, 6) is 0. The van der Waals surface area contributed by atoms with Gasteiger partial charge in [0.25, 0.3) is 0 Å². The Morgan fingerprint density at radius 2 is 1.10 bits per heavy atom. The van der Waals surface area contributed by atoms with Crippen molar-refractivity contribution in [2.75, 3.05) is 6.61 Å². The van der Waals surface area contributed by atoms with Crippen molar-refractivity contribution in [3.05, 3.63) is 0 Å². The van der Waals surface area contributed by atoms with Crippen molar-refractivity contribution >= 4 is 0 Å². The lowest BCUT2D eigenvalue weighted by atomic mass is 10.0. The van der Waals surface area contributed by atoms with Crippen LogP contribution in [-0.4, -0.2) is 23.9 Å². The van der Waals surface area contributed by atoms with Crippen LogP contribution in [0.5, 0.6) is 0 Å². The maximum absolute atomic E-state index is 8.69. The van der Waals surface area contributed by atoms with Gasteiger partial charge in [0.05, 0.1) is 12.2 Å². The Bertz CT molecular complexity index is 206. The fourth-order valence-electron chi connectivity index (χ4n) is 2.98. The Labute approximate surface area is 126 Å². The predicted octanol–water partition coefficient (Wildman–Crippen LogP) is 5.23. The van der Waals surface area contributed by atoms with E-state index in [1.165, 1.54) is 83.5 Å². The second kappa shape index (κ2) is 12.6. The monoisotopic (exact) mass is 284 g/mol.